The van der Waals surface area contributed by atoms with Gasteiger partial charge in [-0.15, -0.1) is 0 Å². The maximum atomic E-state index is 11.0. The summed E-state index contributed by atoms with van der Waals surface area (Å²) < 4.78 is 9.99. The monoisotopic (exact) mass is 451 g/mol. The second-order valence-electron chi connectivity index (χ2n) is 7.61. The van der Waals surface area contributed by atoms with Crippen LogP contribution in [-0.2, 0) is 9.59 Å². The van der Waals surface area contributed by atoms with Gasteiger partial charge in [0.1, 0.15) is 11.5 Å². The Morgan fingerprint density at radius 3 is 1.85 bits per heavy atom. The predicted molar refractivity (Wildman–Crippen MR) is 129 cm³/mol. The van der Waals surface area contributed by atoms with Gasteiger partial charge in [0.2, 0.25) is 0 Å². The van der Waals surface area contributed by atoms with Crippen LogP contribution >= 0.6 is 0 Å². The first-order valence-corrected chi connectivity index (χ1v) is 10.5. The van der Waals surface area contributed by atoms with Crippen molar-refractivity contribution in [3.8, 4) is 34.3 Å². The summed E-state index contributed by atoms with van der Waals surface area (Å²) in [5.41, 5.74) is 6.44. The molecule has 0 aliphatic rings. The highest BCUT2D eigenvalue weighted by molar-refractivity contribution is 5.73. The minimum atomic E-state index is 0.288. The zero-order valence-corrected chi connectivity index (χ0v) is 18.6. The zero-order chi connectivity index (χ0) is 23.9. The van der Waals surface area contributed by atoms with E-state index in [1.807, 2.05) is 24.3 Å². The van der Waals surface area contributed by atoms with Gasteiger partial charge in [-0.25, -0.2) is 4.98 Å². The topological polar surface area (TPSA) is 91.3 Å². The first kappa shape index (κ1) is 22.5. The average molecular weight is 451 g/mol. The van der Waals surface area contributed by atoms with Crippen LogP contribution in [0.2, 0.25) is 0 Å². The lowest BCUT2D eigenvalue weighted by atomic mass is 10.1. The van der Waals surface area contributed by atoms with Crippen LogP contribution in [0.15, 0.2) is 67.0 Å². The fourth-order valence-electron chi connectivity index (χ4n) is 3.56. The molecule has 34 heavy (non-hydrogen) atoms. The highest BCUT2D eigenvalue weighted by Crippen LogP contribution is 2.28. The van der Waals surface area contributed by atoms with Crippen molar-refractivity contribution in [1.29, 1.82) is 0 Å². The van der Waals surface area contributed by atoms with E-state index >= 15 is 0 Å². The van der Waals surface area contributed by atoms with Crippen LogP contribution in [0.4, 0.5) is 0 Å². The third-order valence-electron chi connectivity index (χ3n) is 4.92. The Bertz CT molecular complexity index is 1360. The van der Waals surface area contributed by atoms with E-state index in [0.29, 0.717) is 41.5 Å². The lowest BCUT2D eigenvalue weighted by Gasteiger charge is -2.08. The fraction of sp³-hybridized carbons (Fsp3) is 0.0741. The number of ether oxygens (including phenoxy) is 2. The molecular weight excluding hydrogens is 430 g/mol. The van der Waals surface area contributed by atoms with Crippen molar-refractivity contribution in [3.05, 3.63) is 89.2 Å². The number of hydrogen-bond acceptors (Lipinski definition) is 7. The van der Waals surface area contributed by atoms with Gasteiger partial charge in [-0.1, -0.05) is 41.5 Å². The van der Waals surface area contributed by atoms with Gasteiger partial charge in [-0.05, 0) is 43.2 Å². The van der Waals surface area contributed by atoms with Crippen LogP contribution in [0, 0.1) is 13.8 Å². The molecule has 7 nitrogen and oxygen atoms in total. The second-order valence-corrected chi connectivity index (χ2v) is 7.61. The summed E-state index contributed by atoms with van der Waals surface area (Å²) >= 11 is 0. The first-order chi connectivity index (χ1) is 16.5. The summed E-state index contributed by atoms with van der Waals surface area (Å²) in [6.45, 7) is 4.83. The number of pyridine rings is 3. The number of carbonyl (C=O) groups excluding carboxylic acids is 2. The summed E-state index contributed by atoms with van der Waals surface area (Å²) in [4.78, 5) is 35.1. The van der Waals surface area contributed by atoms with Crippen molar-refractivity contribution in [2.75, 3.05) is 0 Å². The number of rotatable bonds is 8. The molecule has 0 unspecified atom stereocenters. The Hall–Kier alpha value is -4.65. The fourth-order valence-corrected chi connectivity index (χ4v) is 3.56. The molecule has 0 saturated carbocycles. The molecule has 0 amide bonds. The Labute approximate surface area is 196 Å². The van der Waals surface area contributed by atoms with Crippen LogP contribution in [0.5, 0.6) is 11.5 Å². The molecule has 3 aromatic heterocycles. The van der Waals surface area contributed by atoms with E-state index in [1.54, 1.807) is 30.5 Å². The normalized spacial score (nSPS) is 10.8. The molecule has 0 aliphatic carbocycles. The molecule has 1 aromatic carbocycles. The predicted octanol–water partition coefficient (Wildman–Crippen LogP) is 5.06. The van der Waals surface area contributed by atoms with Gasteiger partial charge in [-0.3, -0.25) is 19.6 Å². The molecule has 0 N–H and O–H groups in total. The molecule has 0 radical (unpaired) electrons. The van der Waals surface area contributed by atoms with Gasteiger partial charge >= 0.3 is 0 Å². The van der Waals surface area contributed by atoms with E-state index in [1.165, 1.54) is 17.3 Å². The second kappa shape index (κ2) is 10.3. The van der Waals surface area contributed by atoms with Gasteiger partial charge in [-0.2, -0.15) is 0 Å². The smallest absolute Gasteiger partial charge is 0.298 e. The van der Waals surface area contributed by atoms with Crippen LogP contribution < -0.4 is 9.47 Å². The Morgan fingerprint density at radius 2 is 1.18 bits per heavy atom. The third-order valence-corrected chi connectivity index (χ3v) is 4.92. The molecule has 4 rings (SSSR count). The molecular formula is C27H21N3O4. The van der Waals surface area contributed by atoms with Gasteiger partial charge in [0.05, 0.1) is 22.8 Å². The number of aromatic nitrogens is 3. The van der Waals surface area contributed by atoms with Crippen molar-refractivity contribution in [2.45, 2.75) is 13.8 Å². The van der Waals surface area contributed by atoms with Crippen molar-refractivity contribution in [1.82, 2.24) is 15.0 Å². The summed E-state index contributed by atoms with van der Waals surface area (Å²) in [5.74, 6) is 0.609. The number of aryl methyl sites for hydroxylation is 2. The van der Waals surface area contributed by atoms with Crippen molar-refractivity contribution >= 4 is 25.1 Å². The number of carbonyl (C=O) groups is 2. The lowest BCUT2D eigenvalue weighted by molar-refractivity contribution is -0.121. The number of benzene rings is 1. The van der Waals surface area contributed by atoms with Gasteiger partial charge < -0.3 is 9.47 Å². The van der Waals surface area contributed by atoms with Crippen LogP contribution in [-0.4, -0.2) is 27.9 Å². The first-order valence-electron chi connectivity index (χ1n) is 10.5. The summed E-state index contributed by atoms with van der Waals surface area (Å²) in [6.07, 6.45) is 7.25. The van der Waals surface area contributed by atoms with Crippen molar-refractivity contribution in [2.24, 2.45) is 0 Å². The summed E-state index contributed by atoms with van der Waals surface area (Å²) in [5, 5.41) is 0. The Morgan fingerprint density at radius 1 is 0.618 bits per heavy atom. The molecule has 0 atom stereocenters. The molecule has 3 heterocycles. The van der Waals surface area contributed by atoms with Crippen LogP contribution in [0.25, 0.3) is 34.9 Å². The number of hydrogen-bond donors (Lipinski definition) is 0. The van der Waals surface area contributed by atoms with E-state index < -0.39 is 0 Å². The largest absolute Gasteiger partial charge is 0.429 e. The highest BCUT2D eigenvalue weighted by atomic mass is 16.5. The van der Waals surface area contributed by atoms with Crippen LogP contribution in [0.3, 0.4) is 0 Å². The summed E-state index contributed by atoms with van der Waals surface area (Å²) in [7, 11) is 0. The van der Waals surface area contributed by atoms with E-state index in [4.69, 9.17) is 9.47 Å². The maximum absolute atomic E-state index is 11.0. The summed E-state index contributed by atoms with van der Waals surface area (Å²) in [6, 6.07) is 16.5. The van der Waals surface area contributed by atoms with Crippen molar-refractivity contribution < 1.29 is 19.1 Å². The molecule has 168 valence electrons. The number of nitrogens with zero attached hydrogens (tertiary/aromatic N) is 3. The van der Waals surface area contributed by atoms with Crippen LogP contribution in [0.1, 0.15) is 22.3 Å². The third kappa shape index (κ3) is 5.58. The quantitative estimate of drug-likeness (QED) is 0.346. The standard InChI is InChI=1S/C27H21N3O4/c1-18-9-19(2)11-21(10-18)4-3-20-5-7-28-24(12-20)26-14-23(34-17-32)15-27(30-26)25-13-22(33-16-31)6-8-29-25/h3-17H,1-2H3/b4-3+. The SMILES string of the molecule is Cc1cc(C)cc(/C=C/c2ccnc(-c3cc(OC=O)cc(-c4cc(OC=O)ccn4)n3)c2)c1. The van der Waals surface area contributed by atoms with Gasteiger partial charge in [0, 0.05) is 30.6 Å². The zero-order valence-electron chi connectivity index (χ0n) is 18.6. The van der Waals surface area contributed by atoms with Gasteiger partial charge in [0.25, 0.3) is 12.9 Å². The lowest BCUT2D eigenvalue weighted by Crippen LogP contribution is -1.97. The minimum Gasteiger partial charge on any atom is -0.429 e. The molecule has 0 bridgehead atoms. The Kier molecular flexibility index (Phi) is 6.84. The van der Waals surface area contributed by atoms with Crippen molar-refractivity contribution in [3.63, 3.8) is 0 Å². The highest BCUT2D eigenvalue weighted by Gasteiger charge is 2.11. The molecule has 4 aromatic rings. The Balaban J connectivity index is 1.71. The average Bonchev–Trinajstić information content (AvgIpc) is 2.83. The molecule has 0 fully saturated rings. The molecule has 0 spiro atoms. The molecule has 7 heteroatoms. The van der Waals surface area contributed by atoms with E-state index in [0.717, 1.165) is 11.1 Å². The molecule has 0 saturated heterocycles. The van der Waals surface area contributed by atoms with E-state index in [9.17, 15) is 9.59 Å². The van der Waals surface area contributed by atoms with E-state index in [-0.39, 0.29) is 5.75 Å². The van der Waals surface area contributed by atoms with Gasteiger partial charge in [0.15, 0.2) is 0 Å². The van der Waals surface area contributed by atoms with E-state index in [2.05, 4.69) is 47.0 Å². The maximum Gasteiger partial charge on any atom is 0.298 e. The molecule has 0 aliphatic heterocycles. The minimum absolute atomic E-state index is 0.288.